The van der Waals surface area contributed by atoms with Crippen molar-refractivity contribution in [2.75, 3.05) is 6.61 Å². The van der Waals surface area contributed by atoms with Crippen molar-refractivity contribution >= 4 is 5.97 Å². The smallest absolute Gasteiger partial charge is 0.338 e. The van der Waals surface area contributed by atoms with Crippen LogP contribution in [0.4, 0.5) is 0 Å². The van der Waals surface area contributed by atoms with E-state index in [1.807, 2.05) is 24.3 Å². The molecule has 41 heavy (non-hydrogen) atoms. The van der Waals surface area contributed by atoms with Gasteiger partial charge in [-0.15, -0.1) is 0 Å². The van der Waals surface area contributed by atoms with E-state index in [2.05, 4.69) is 40.7 Å². The highest BCUT2D eigenvalue weighted by atomic mass is 16.5. The molecule has 0 saturated heterocycles. The van der Waals surface area contributed by atoms with Gasteiger partial charge in [0.15, 0.2) is 0 Å². The molecule has 3 fully saturated rings. The van der Waals surface area contributed by atoms with Gasteiger partial charge in [0.2, 0.25) is 0 Å². The zero-order valence-corrected chi connectivity index (χ0v) is 26.8. The Morgan fingerprint density at radius 1 is 0.976 bits per heavy atom. The minimum Gasteiger partial charge on any atom is -0.458 e. The van der Waals surface area contributed by atoms with Gasteiger partial charge in [0, 0.05) is 13.0 Å². The zero-order chi connectivity index (χ0) is 29.2. The van der Waals surface area contributed by atoms with Crippen LogP contribution in [0.3, 0.4) is 0 Å². The third-order valence-corrected chi connectivity index (χ3v) is 12.6. The van der Waals surface area contributed by atoms with Crippen LogP contribution in [0, 0.1) is 46.3 Å². The Bertz CT molecular complexity index is 1070. The molecule has 3 nitrogen and oxygen atoms in total. The highest BCUT2D eigenvalue weighted by Gasteiger charge is 2.59. The standard InChI is InChI=1S/C38H58O3/c1-26(2)11-10-12-27(3)33-18-19-34-32-17-16-29-25-30(20-22-37(29,4)35(32)21-23-38(33,34)5)41-36(40)31-15-7-6-13-28(31)14-8-9-24-39/h6-7,13,15-16,26-27,30,32-35,39H,8-12,14,17-25H2,1-5H3/t27-,30?,32?,33-,34?,35?,37+,38-/m1/s1. The topological polar surface area (TPSA) is 46.5 Å². The summed E-state index contributed by atoms with van der Waals surface area (Å²) in [6, 6.07) is 7.87. The molecule has 8 atom stereocenters. The molecular formula is C38H58O3. The van der Waals surface area contributed by atoms with Crippen molar-refractivity contribution in [1.29, 1.82) is 0 Å². The number of hydrogen-bond donors (Lipinski definition) is 1. The van der Waals surface area contributed by atoms with Crippen LogP contribution in [0.5, 0.6) is 0 Å². The third kappa shape index (κ3) is 6.22. The quantitative estimate of drug-likeness (QED) is 0.166. The van der Waals surface area contributed by atoms with Crippen LogP contribution >= 0.6 is 0 Å². The molecule has 5 rings (SSSR count). The van der Waals surface area contributed by atoms with E-state index in [0.29, 0.717) is 11.0 Å². The highest BCUT2D eigenvalue weighted by Crippen LogP contribution is 2.67. The second-order valence-electron chi connectivity index (χ2n) is 15.4. The van der Waals surface area contributed by atoms with Crippen molar-refractivity contribution in [1.82, 2.24) is 0 Å². The van der Waals surface area contributed by atoms with Gasteiger partial charge in [-0.1, -0.05) is 83.7 Å². The fourth-order valence-corrected chi connectivity index (χ4v) is 10.3. The van der Waals surface area contributed by atoms with Crippen molar-refractivity contribution in [3.05, 3.63) is 47.0 Å². The minimum absolute atomic E-state index is 0.0136. The summed E-state index contributed by atoms with van der Waals surface area (Å²) < 4.78 is 6.20. The Hall–Kier alpha value is -1.61. The Morgan fingerprint density at radius 3 is 2.56 bits per heavy atom. The summed E-state index contributed by atoms with van der Waals surface area (Å²) in [4.78, 5) is 13.3. The molecule has 4 aliphatic carbocycles. The molecule has 0 radical (unpaired) electrons. The normalized spacial score (nSPS) is 35.3. The van der Waals surface area contributed by atoms with Gasteiger partial charge in [-0.25, -0.2) is 4.79 Å². The summed E-state index contributed by atoms with van der Waals surface area (Å²) in [5.74, 6) is 4.92. The summed E-state index contributed by atoms with van der Waals surface area (Å²) >= 11 is 0. The van der Waals surface area contributed by atoms with Crippen molar-refractivity contribution in [2.45, 2.75) is 131 Å². The van der Waals surface area contributed by atoms with E-state index >= 15 is 0 Å². The number of esters is 1. The molecule has 1 N–H and O–H groups in total. The fourth-order valence-electron chi connectivity index (χ4n) is 10.3. The van der Waals surface area contributed by atoms with E-state index in [1.165, 1.54) is 51.4 Å². The summed E-state index contributed by atoms with van der Waals surface area (Å²) in [5.41, 5.74) is 4.13. The van der Waals surface area contributed by atoms with Crippen molar-refractivity contribution in [3.8, 4) is 0 Å². The van der Waals surface area contributed by atoms with Gasteiger partial charge < -0.3 is 9.84 Å². The Balaban J connectivity index is 1.23. The molecule has 0 amide bonds. The average Bonchev–Trinajstić information content (AvgIpc) is 3.30. The first-order valence-corrected chi connectivity index (χ1v) is 17.3. The Labute approximate surface area is 250 Å². The van der Waals surface area contributed by atoms with E-state index in [-0.39, 0.29) is 24.1 Å². The maximum absolute atomic E-state index is 13.3. The molecule has 3 heteroatoms. The lowest BCUT2D eigenvalue weighted by Gasteiger charge is -2.58. The summed E-state index contributed by atoms with van der Waals surface area (Å²) in [5, 5.41) is 9.16. The number of aliphatic hydroxyl groups excluding tert-OH is 1. The number of rotatable bonds is 11. The van der Waals surface area contributed by atoms with Crippen LogP contribution in [0.1, 0.15) is 134 Å². The molecule has 1 aromatic carbocycles. The number of carbonyl (C=O) groups is 1. The zero-order valence-electron chi connectivity index (χ0n) is 26.8. The number of unbranched alkanes of at least 4 members (excludes halogenated alkanes) is 1. The molecule has 228 valence electrons. The second kappa shape index (κ2) is 12.9. The third-order valence-electron chi connectivity index (χ3n) is 12.6. The van der Waals surface area contributed by atoms with Gasteiger partial charge in [-0.3, -0.25) is 0 Å². The lowest BCUT2D eigenvalue weighted by molar-refractivity contribution is -0.0594. The number of aryl methyl sites for hydroxylation is 1. The first-order valence-electron chi connectivity index (χ1n) is 17.3. The number of fused-ring (bicyclic) bond motifs is 5. The lowest BCUT2D eigenvalue weighted by atomic mass is 9.47. The SMILES string of the molecule is CC(C)CCC[C@@H](C)[C@H]1CCC2C3CC=C4CC(OC(=O)c5ccccc5CCCCO)CC[C@]4(C)C3CC[C@@]21C. The van der Waals surface area contributed by atoms with Crippen LogP contribution in [0.25, 0.3) is 0 Å². The van der Waals surface area contributed by atoms with Gasteiger partial charge in [-0.05, 0) is 122 Å². The minimum atomic E-state index is -0.166. The van der Waals surface area contributed by atoms with E-state index in [9.17, 15) is 4.79 Å². The van der Waals surface area contributed by atoms with Gasteiger partial charge >= 0.3 is 5.97 Å². The average molecular weight is 563 g/mol. The molecule has 4 unspecified atom stereocenters. The fraction of sp³-hybridized carbons (Fsp3) is 0.763. The van der Waals surface area contributed by atoms with Crippen LogP contribution in [-0.4, -0.2) is 23.8 Å². The molecule has 0 heterocycles. The molecule has 0 aromatic heterocycles. The van der Waals surface area contributed by atoms with Crippen molar-refractivity contribution in [3.63, 3.8) is 0 Å². The van der Waals surface area contributed by atoms with E-state index in [0.717, 1.165) is 79.6 Å². The summed E-state index contributed by atoms with van der Waals surface area (Å²) in [6.07, 6.45) is 19.2. The van der Waals surface area contributed by atoms with E-state index in [1.54, 1.807) is 5.57 Å². The molecule has 0 bridgehead atoms. The predicted molar refractivity (Wildman–Crippen MR) is 169 cm³/mol. The van der Waals surface area contributed by atoms with Crippen molar-refractivity contribution in [2.24, 2.45) is 46.3 Å². The van der Waals surface area contributed by atoms with Gasteiger partial charge in [0.25, 0.3) is 0 Å². The molecule has 0 aliphatic heterocycles. The predicted octanol–water partition coefficient (Wildman–Crippen LogP) is 9.57. The first kappa shape index (κ1) is 30.8. The van der Waals surface area contributed by atoms with Gasteiger partial charge in [0.1, 0.15) is 6.10 Å². The number of allylic oxidation sites excluding steroid dienone is 1. The van der Waals surface area contributed by atoms with Gasteiger partial charge in [-0.2, -0.15) is 0 Å². The molecule has 4 aliphatic rings. The summed E-state index contributed by atoms with van der Waals surface area (Å²) in [6.45, 7) is 12.7. The van der Waals surface area contributed by atoms with Crippen LogP contribution < -0.4 is 0 Å². The Morgan fingerprint density at radius 2 is 1.78 bits per heavy atom. The lowest BCUT2D eigenvalue weighted by Crippen LogP contribution is -2.51. The summed E-state index contributed by atoms with van der Waals surface area (Å²) in [7, 11) is 0. The molecule has 3 saturated carbocycles. The Kier molecular flexibility index (Phi) is 9.74. The highest BCUT2D eigenvalue weighted by molar-refractivity contribution is 5.91. The largest absolute Gasteiger partial charge is 0.458 e. The molecular weight excluding hydrogens is 504 g/mol. The van der Waals surface area contributed by atoms with Crippen LogP contribution in [-0.2, 0) is 11.2 Å². The molecule has 1 aromatic rings. The number of ether oxygens (including phenoxy) is 1. The molecule has 0 spiro atoms. The monoisotopic (exact) mass is 562 g/mol. The van der Waals surface area contributed by atoms with E-state index < -0.39 is 0 Å². The first-order chi connectivity index (χ1) is 19.7. The second-order valence-corrected chi connectivity index (χ2v) is 15.4. The number of benzene rings is 1. The van der Waals surface area contributed by atoms with Crippen LogP contribution in [0.15, 0.2) is 35.9 Å². The van der Waals surface area contributed by atoms with Crippen molar-refractivity contribution < 1.29 is 14.6 Å². The number of hydrogen-bond acceptors (Lipinski definition) is 3. The number of carbonyl (C=O) groups excluding carboxylic acids is 1. The van der Waals surface area contributed by atoms with Gasteiger partial charge in [0.05, 0.1) is 5.56 Å². The van der Waals surface area contributed by atoms with Crippen LogP contribution in [0.2, 0.25) is 0 Å². The maximum atomic E-state index is 13.3. The van der Waals surface area contributed by atoms with E-state index in [4.69, 9.17) is 9.84 Å². The number of aliphatic hydroxyl groups is 1. The maximum Gasteiger partial charge on any atom is 0.338 e.